The van der Waals surface area contributed by atoms with Crippen LogP contribution in [0.2, 0.25) is 0 Å². The minimum atomic E-state index is -0.556. The van der Waals surface area contributed by atoms with Gasteiger partial charge in [0.1, 0.15) is 5.75 Å². The number of aliphatic imine (C=N–C) groups is 1. The van der Waals surface area contributed by atoms with E-state index in [1.807, 2.05) is 12.3 Å². The number of phenolic OH excluding ortho intramolecular Hbond substituents is 1. The van der Waals surface area contributed by atoms with Crippen LogP contribution in [0, 0.1) is 5.92 Å². The van der Waals surface area contributed by atoms with Crippen LogP contribution in [-0.4, -0.2) is 17.4 Å². The number of rotatable bonds is 3. The topological polar surface area (TPSA) is 32.6 Å². The zero-order valence-electron chi connectivity index (χ0n) is 16.5. The van der Waals surface area contributed by atoms with Gasteiger partial charge in [-0.25, -0.2) is 0 Å². The summed E-state index contributed by atoms with van der Waals surface area (Å²) in [4.78, 5) is 4.76. The van der Waals surface area contributed by atoms with Crippen LogP contribution in [0.1, 0.15) is 94.6 Å². The van der Waals surface area contributed by atoms with E-state index in [1.54, 1.807) is 0 Å². The van der Waals surface area contributed by atoms with Crippen LogP contribution in [0.5, 0.6) is 5.75 Å². The van der Waals surface area contributed by atoms with Crippen LogP contribution < -0.4 is 0 Å². The maximum atomic E-state index is 10.8. The normalized spacial score (nSPS) is 24.6. The molecule has 0 bridgehead atoms. The molecule has 2 aliphatic carbocycles. The summed E-state index contributed by atoms with van der Waals surface area (Å²) in [5, 5.41) is 10.8. The summed E-state index contributed by atoms with van der Waals surface area (Å²) < 4.78 is 0. The number of hydrogen-bond acceptors (Lipinski definition) is 2. The SMILES string of the molecule is CC1CCCC(c2cccc(C=NC3CCCCC3)c2O)CCC1.[Cl][Ti][Cl]. The summed E-state index contributed by atoms with van der Waals surface area (Å²) in [6.45, 7) is 2.38. The van der Waals surface area contributed by atoms with Gasteiger partial charge in [-0.1, -0.05) is 64.0 Å². The van der Waals surface area contributed by atoms with Crippen molar-refractivity contribution in [2.24, 2.45) is 10.9 Å². The Kier molecular flexibility index (Phi) is 11.4. The van der Waals surface area contributed by atoms with Crippen LogP contribution in [0.3, 0.4) is 0 Å². The average Bonchev–Trinajstić information content (AvgIpc) is 2.66. The van der Waals surface area contributed by atoms with Gasteiger partial charge in [-0.2, -0.15) is 0 Å². The predicted octanol–water partition coefficient (Wildman–Crippen LogP) is 7.59. The van der Waals surface area contributed by atoms with E-state index in [9.17, 15) is 5.11 Å². The maximum absolute atomic E-state index is 10.8. The van der Waals surface area contributed by atoms with Crippen LogP contribution >= 0.6 is 18.6 Å². The van der Waals surface area contributed by atoms with Gasteiger partial charge in [0.05, 0.1) is 0 Å². The van der Waals surface area contributed by atoms with E-state index >= 15 is 0 Å². The van der Waals surface area contributed by atoms with Crippen molar-refractivity contribution in [2.75, 3.05) is 0 Å². The molecule has 1 aromatic carbocycles. The molecule has 0 saturated heterocycles. The first-order chi connectivity index (χ1) is 13.2. The summed E-state index contributed by atoms with van der Waals surface area (Å²) in [5.41, 5.74) is 2.06. The Bertz CT molecular complexity index is 565. The number of benzene rings is 1. The number of hydrogen-bond donors (Lipinski definition) is 1. The van der Waals surface area contributed by atoms with Crippen molar-refractivity contribution < 1.29 is 22.1 Å². The number of para-hydroxylation sites is 1. The molecule has 3 rings (SSSR count). The molecule has 0 amide bonds. The van der Waals surface area contributed by atoms with Gasteiger partial charge in [-0.3, -0.25) is 4.99 Å². The zero-order valence-corrected chi connectivity index (χ0v) is 19.5. The summed E-state index contributed by atoms with van der Waals surface area (Å²) in [7, 11) is 9.78. The van der Waals surface area contributed by atoms with Crippen LogP contribution in [0.25, 0.3) is 0 Å². The quantitative estimate of drug-likeness (QED) is 0.377. The number of nitrogens with zero attached hydrogens (tertiary/aromatic N) is 1. The van der Waals surface area contributed by atoms with Crippen LogP contribution in [0.4, 0.5) is 0 Å². The molecule has 0 radical (unpaired) electrons. The van der Waals surface area contributed by atoms with Crippen molar-refractivity contribution in [3.63, 3.8) is 0 Å². The first kappa shape index (κ1) is 23.3. The van der Waals surface area contributed by atoms with Crippen molar-refractivity contribution >= 4 is 24.8 Å². The van der Waals surface area contributed by atoms with E-state index in [4.69, 9.17) is 23.6 Å². The molecule has 0 spiro atoms. The van der Waals surface area contributed by atoms with E-state index < -0.39 is 17.0 Å². The monoisotopic (exact) mass is 445 g/mol. The molecule has 0 atom stereocenters. The molecule has 2 fully saturated rings. The van der Waals surface area contributed by atoms with E-state index in [2.05, 4.69) is 19.1 Å². The molecule has 0 unspecified atom stereocenters. The fourth-order valence-corrected chi connectivity index (χ4v) is 4.45. The minimum absolute atomic E-state index is 0.463. The van der Waals surface area contributed by atoms with Gasteiger partial charge >= 0.3 is 35.6 Å². The van der Waals surface area contributed by atoms with Crippen molar-refractivity contribution in [1.82, 2.24) is 0 Å². The molecule has 2 saturated carbocycles. The molecule has 0 heterocycles. The van der Waals surface area contributed by atoms with E-state index in [1.165, 1.54) is 70.6 Å². The second-order valence-corrected chi connectivity index (χ2v) is 10.7. The average molecular weight is 446 g/mol. The van der Waals surface area contributed by atoms with Gasteiger partial charge in [-0.05, 0) is 49.1 Å². The van der Waals surface area contributed by atoms with Gasteiger partial charge in [0, 0.05) is 17.8 Å². The third-order valence-electron chi connectivity index (χ3n) is 6.04. The number of halogens is 2. The van der Waals surface area contributed by atoms with Gasteiger partial charge in [0.15, 0.2) is 0 Å². The molecule has 2 nitrogen and oxygen atoms in total. The number of aromatic hydroxyl groups is 1. The fraction of sp³-hybridized carbons (Fsp3) is 0.682. The molecule has 5 heteroatoms. The van der Waals surface area contributed by atoms with Crippen LogP contribution in [-0.2, 0) is 17.0 Å². The first-order valence-electron chi connectivity index (χ1n) is 10.5. The standard InChI is InChI=1S/C22H33NO.2ClH.Ti/c1-17-8-5-10-18(11-6-9-17)21-15-7-12-19(22(21)24)16-23-20-13-3-2-4-14-20;;;/h7,12,15-18,20,24H,2-6,8-11,13-14H2,1H3;2*1H;/q;;;+2/p-2. The fourth-order valence-electron chi connectivity index (χ4n) is 4.45. The summed E-state index contributed by atoms with van der Waals surface area (Å²) in [6.07, 6.45) is 15.9. The second-order valence-electron chi connectivity index (χ2n) is 8.09. The Morgan fingerprint density at radius 3 is 2.22 bits per heavy atom. The van der Waals surface area contributed by atoms with Crippen molar-refractivity contribution in [3.8, 4) is 5.75 Å². The van der Waals surface area contributed by atoms with Gasteiger partial charge in [0.25, 0.3) is 0 Å². The molecule has 0 aromatic heterocycles. The van der Waals surface area contributed by atoms with E-state index in [0.29, 0.717) is 17.7 Å². The van der Waals surface area contributed by atoms with Crippen molar-refractivity contribution in [1.29, 1.82) is 0 Å². The van der Waals surface area contributed by atoms with Gasteiger partial charge < -0.3 is 5.11 Å². The molecule has 1 aromatic rings. The summed E-state index contributed by atoms with van der Waals surface area (Å²) in [6, 6.07) is 6.70. The zero-order chi connectivity index (χ0) is 19.5. The van der Waals surface area contributed by atoms with Crippen molar-refractivity contribution in [2.45, 2.75) is 89.5 Å². The Balaban J connectivity index is 0.000000817. The molecule has 0 aliphatic heterocycles. The van der Waals surface area contributed by atoms with Crippen molar-refractivity contribution in [3.05, 3.63) is 29.3 Å². The van der Waals surface area contributed by atoms with Gasteiger partial charge in [-0.15, -0.1) is 0 Å². The molecular formula is C22H33Cl2NOTi. The summed E-state index contributed by atoms with van der Waals surface area (Å²) >= 11 is -0.556. The Labute approximate surface area is 181 Å². The Morgan fingerprint density at radius 2 is 1.59 bits per heavy atom. The summed E-state index contributed by atoms with van der Waals surface area (Å²) in [5.74, 6) is 1.87. The van der Waals surface area contributed by atoms with Crippen LogP contribution in [0.15, 0.2) is 23.2 Å². The Morgan fingerprint density at radius 1 is 0.963 bits per heavy atom. The second kappa shape index (κ2) is 13.3. The number of phenols is 1. The molecular weight excluding hydrogens is 413 g/mol. The Hall–Kier alpha value is -0.0157. The molecule has 27 heavy (non-hydrogen) atoms. The molecule has 150 valence electrons. The third-order valence-corrected chi connectivity index (χ3v) is 6.04. The molecule has 1 N–H and O–H groups in total. The van der Waals surface area contributed by atoms with E-state index in [-0.39, 0.29) is 0 Å². The van der Waals surface area contributed by atoms with E-state index in [0.717, 1.165) is 17.0 Å². The first-order valence-corrected chi connectivity index (χ1v) is 14.8. The predicted molar refractivity (Wildman–Crippen MR) is 114 cm³/mol. The third kappa shape index (κ3) is 8.09. The molecule has 2 aliphatic rings. The van der Waals surface area contributed by atoms with Gasteiger partial charge in [0.2, 0.25) is 0 Å².